The second kappa shape index (κ2) is 8.24. The zero-order chi connectivity index (χ0) is 18.6. The molecule has 26 heavy (non-hydrogen) atoms. The van der Waals surface area contributed by atoms with Gasteiger partial charge in [-0.1, -0.05) is 30.3 Å². The largest absolute Gasteiger partial charge is 0.416 e. The second-order valence-corrected chi connectivity index (χ2v) is 7.67. The van der Waals surface area contributed by atoms with Crippen molar-refractivity contribution in [2.45, 2.75) is 23.2 Å². The fourth-order valence-corrected chi connectivity index (χ4v) is 4.44. The lowest BCUT2D eigenvalue weighted by Crippen LogP contribution is -2.03. The quantitative estimate of drug-likeness (QED) is 0.547. The summed E-state index contributed by atoms with van der Waals surface area (Å²) in [6, 6.07) is 14.9. The average molecular weight is 395 g/mol. The van der Waals surface area contributed by atoms with Crippen molar-refractivity contribution in [2.24, 2.45) is 0 Å². The molecule has 0 aliphatic rings. The standard InChI is InChI=1S/C19H16F3NOS2/c20-19(21,22)14-8-6-13(7-9-14)18-23-16(17(26-18)10-11-24)12-25-15-4-2-1-3-5-15/h1-9,24H,10-12H2. The summed E-state index contributed by atoms with van der Waals surface area (Å²) in [4.78, 5) is 6.69. The molecule has 1 aromatic heterocycles. The smallest absolute Gasteiger partial charge is 0.396 e. The van der Waals surface area contributed by atoms with Gasteiger partial charge in [0.25, 0.3) is 0 Å². The van der Waals surface area contributed by atoms with Crippen LogP contribution in [0, 0.1) is 0 Å². The molecule has 0 saturated heterocycles. The molecule has 0 spiro atoms. The SMILES string of the molecule is OCCc1sc(-c2ccc(C(F)(F)F)cc2)nc1CSc1ccccc1. The van der Waals surface area contributed by atoms with Gasteiger partial charge in [-0.05, 0) is 24.3 Å². The number of aliphatic hydroxyl groups is 1. The second-order valence-electron chi connectivity index (χ2n) is 5.54. The molecule has 0 aliphatic heterocycles. The highest BCUT2D eigenvalue weighted by Crippen LogP contribution is 2.34. The number of rotatable bonds is 6. The van der Waals surface area contributed by atoms with Gasteiger partial charge >= 0.3 is 6.18 Å². The molecule has 0 aliphatic carbocycles. The third kappa shape index (κ3) is 4.66. The Labute approximate surface area is 157 Å². The topological polar surface area (TPSA) is 33.1 Å². The van der Waals surface area contributed by atoms with Crippen molar-refractivity contribution in [3.8, 4) is 10.6 Å². The molecule has 2 nitrogen and oxygen atoms in total. The van der Waals surface area contributed by atoms with Gasteiger partial charge in [0.15, 0.2) is 0 Å². The van der Waals surface area contributed by atoms with Crippen molar-refractivity contribution in [2.75, 3.05) is 6.61 Å². The van der Waals surface area contributed by atoms with Crippen LogP contribution in [-0.2, 0) is 18.3 Å². The van der Waals surface area contributed by atoms with Gasteiger partial charge in [-0.2, -0.15) is 13.2 Å². The van der Waals surface area contributed by atoms with E-state index in [2.05, 4.69) is 4.98 Å². The van der Waals surface area contributed by atoms with Gasteiger partial charge in [0.2, 0.25) is 0 Å². The highest BCUT2D eigenvalue weighted by atomic mass is 32.2. The van der Waals surface area contributed by atoms with Gasteiger partial charge in [0.05, 0.1) is 11.3 Å². The fraction of sp³-hybridized carbons (Fsp3) is 0.211. The van der Waals surface area contributed by atoms with Crippen molar-refractivity contribution >= 4 is 23.1 Å². The minimum atomic E-state index is -4.35. The molecule has 0 bridgehead atoms. The highest BCUT2D eigenvalue weighted by Gasteiger charge is 2.30. The van der Waals surface area contributed by atoms with E-state index in [4.69, 9.17) is 0 Å². The van der Waals surface area contributed by atoms with Gasteiger partial charge in [-0.15, -0.1) is 23.1 Å². The first-order valence-electron chi connectivity index (χ1n) is 7.92. The number of halogens is 3. The van der Waals surface area contributed by atoms with Gasteiger partial charge in [0.1, 0.15) is 5.01 Å². The van der Waals surface area contributed by atoms with Crippen LogP contribution in [0.4, 0.5) is 13.2 Å². The molecule has 3 aromatic rings. The number of nitrogens with zero attached hydrogens (tertiary/aromatic N) is 1. The maximum Gasteiger partial charge on any atom is 0.416 e. The molecule has 2 aromatic carbocycles. The number of aliphatic hydroxyl groups excluding tert-OH is 1. The summed E-state index contributed by atoms with van der Waals surface area (Å²) >= 11 is 3.06. The van der Waals surface area contributed by atoms with E-state index in [1.54, 1.807) is 11.8 Å². The molecule has 0 fully saturated rings. The molecule has 0 saturated carbocycles. The number of thioether (sulfide) groups is 1. The summed E-state index contributed by atoms with van der Waals surface area (Å²) in [5.74, 6) is 0.649. The van der Waals surface area contributed by atoms with Gasteiger partial charge in [0, 0.05) is 34.1 Å². The van der Waals surface area contributed by atoms with Gasteiger partial charge in [-0.3, -0.25) is 0 Å². The van der Waals surface area contributed by atoms with Crippen molar-refractivity contribution in [3.63, 3.8) is 0 Å². The molecule has 3 rings (SSSR count). The molecule has 0 atom stereocenters. The molecule has 7 heteroatoms. The van der Waals surface area contributed by atoms with Crippen molar-refractivity contribution in [1.29, 1.82) is 0 Å². The maximum absolute atomic E-state index is 12.7. The fourth-order valence-electron chi connectivity index (χ4n) is 2.39. The Kier molecular flexibility index (Phi) is 6.01. The average Bonchev–Trinajstić information content (AvgIpc) is 3.03. The highest BCUT2D eigenvalue weighted by molar-refractivity contribution is 7.98. The molecule has 136 valence electrons. The molecule has 1 heterocycles. The maximum atomic E-state index is 12.7. The molecule has 0 unspecified atom stereocenters. The van der Waals surface area contributed by atoms with E-state index >= 15 is 0 Å². The number of benzene rings is 2. The van der Waals surface area contributed by atoms with Crippen LogP contribution >= 0.6 is 23.1 Å². The summed E-state index contributed by atoms with van der Waals surface area (Å²) in [5.41, 5.74) is 0.846. The van der Waals surface area contributed by atoms with Crippen LogP contribution in [0.15, 0.2) is 59.5 Å². The van der Waals surface area contributed by atoms with E-state index in [0.29, 0.717) is 22.7 Å². The Balaban J connectivity index is 1.82. The van der Waals surface area contributed by atoms with Crippen LogP contribution in [0.2, 0.25) is 0 Å². The van der Waals surface area contributed by atoms with E-state index in [-0.39, 0.29) is 6.61 Å². The van der Waals surface area contributed by atoms with Crippen molar-refractivity contribution < 1.29 is 18.3 Å². The Morgan fingerprint density at radius 2 is 1.69 bits per heavy atom. The first-order chi connectivity index (χ1) is 12.5. The van der Waals surface area contributed by atoms with Crippen LogP contribution in [0.5, 0.6) is 0 Å². The number of aromatic nitrogens is 1. The Morgan fingerprint density at radius 1 is 1.00 bits per heavy atom. The Morgan fingerprint density at radius 3 is 2.31 bits per heavy atom. The summed E-state index contributed by atoms with van der Waals surface area (Å²) in [6.45, 7) is 0.0116. The number of hydrogen-bond acceptors (Lipinski definition) is 4. The molecule has 0 radical (unpaired) electrons. The molecule has 1 N–H and O–H groups in total. The minimum Gasteiger partial charge on any atom is -0.396 e. The minimum absolute atomic E-state index is 0.0116. The van der Waals surface area contributed by atoms with E-state index in [1.165, 1.54) is 23.5 Å². The van der Waals surface area contributed by atoms with E-state index in [9.17, 15) is 18.3 Å². The van der Waals surface area contributed by atoms with Crippen molar-refractivity contribution in [3.05, 3.63) is 70.7 Å². The lowest BCUT2D eigenvalue weighted by atomic mass is 10.1. The van der Waals surface area contributed by atoms with E-state index in [0.717, 1.165) is 27.6 Å². The Hall–Kier alpha value is -1.83. The summed E-state index contributed by atoms with van der Waals surface area (Å²) in [5, 5.41) is 9.95. The molecular formula is C19H16F3NOS2. The van der Waals surface area contributed by atoms with Crippen LogP contribution in [-0.4, -0.2) is 16.7 Å². The molecule has 0 amide bonds. The molecular weight excluding hydrogens is 379 g/mol. The van der Waals surface area contributed by atoms with E-state index in [1.807, 2.05) is 30.3 Å². The Bertz CT molecular complexity index is 845. The van der Waals surface area contributed by atoms with E-state index < -0.39 is 11.7 Å². The third-order valence-corrected chi connectivity index (χ3v) is 5.92. The van der Waals surface area contributed by atoms with Gasteiger partial charge in [-0.25, -0.2) is 4.98 Å². The lowest BCUT2D eigenvalue weighted by Gasteiger charge is -2.06. The summed E-state index contributed by atoms with van der Waals surface area (Å²) in [7, 11) is 0. The lowest BCUT2D eigenvalue weighted by molar-refractivity contribution is -0.137. The summed E-state index contributed by atoms with van der Waals surface area (Å²) < 4.78 is 38.1. The number of alkyl halides is 3. The monoisotopic (exact) mass is 395 g/mol. The van der Waals surface area contributed by atoms with Crippen LogP contribution in [0.25, 0.3) is 10.6 Å². The first kappa shape index (κ1) is 18.9. The number of thiazole rings is 1. The zero-order valence-corrected chi connectivity index (χ0v) is 15.3. The van der Waals surface area contributed by atoms with Crippen LogP contribution < -0.4 is 0 Å². The third-order valence-electron chi connectivity index (χ3n) is 3.70. The summed E-state index contributed by atoms with van der Waals surface area (Å²) in [6.07, 6.45) is -3.86. The zero-order valence-electron chi connectivity index (χ0n) is 13.7. The van der Waals surface area contributed by atoms with Crippen molar-refractivity contribution in [1.82, 2.24) is 4.98 Å². The first-order valence-corrected chi connectivity index (χ1v) is 9.72. The predicted molar refractivity (Wildman–Crippen MR) is 99.3 cm³/mol. The normalized spacial score (nSPS) is 11.7. The van der Waals surface area contributed by atoms with Gasteiger partial charge < -0.3 is 5.11 Å². The number of hydrogen-bond donors (Lipinski definition) is 1. The van der Waals surface area contributed by atoms with Crippen LogP contribution in [0.3, 0.4) is 0 Å². The predicted octanol–water partition coefficient (Wildman–Crippen LogP) is 5.66. The van der Waals surface area contributed by atoms with Crippen LogP contribution in [0.1, 0.15) is 16.1 Å².